The summed E-state index contributed by atoms with van der Waals surface area (Å²) in [5, 5.41) is 1.21. The second kappa shape index (κ2) is 8.30. The second-order valence-electron chi connectivity index (χ2n) is 7.00. The van der Waals surface area contributed by atoms with Gasteiger partial charge in [0.25, 0.3) is 0 Å². The highest BCUT2D eigenvalue weighted by molar-refractivity contribution is 6.31. The SMILES string of the molecule is Cl.NC(C(=O)N1CCc2c([nH]c3ccc(Cl)cc23)C1)c1ccc(Cl)c(C(F)(F)F)c1. The third kappa shape index (κ3) is 4.12. The number of nitrogens with one attached hydrogen (secondary N) is 1. The number of alkyl halides is 3. The molecule has 0 bridgehead atoms. The van der Waals surface area contributed by atoms with Crippen molar-refractivity contribution in [2.45, 2.75) is 25.2 Å². The van der Waals surface area contributed by atoms with Gasteiger partial charge in [-0.25, -0.2) is 0 Å². The lowest BCUT2D eigenvalue weighted by atomic mass is 10.00. The van der Waals surface area contributed by atoms with Crippen molar-refractivity contribution >= 4 is 52.4 Å². The fourth-order valence-corrected chi connectivity index (χ4v) is 4.09. The quantitative estimate of drug-likeness (QED) is 0.511. The van der Waals surface area contributed by atoms with Crippen LogP contribution >= 0.6 is 35.6 Å². The average molecular weight is 479 g/mol. The first-order chi connectivity index (χ1) is 13.6. The number of carbonyl (C=O) groups excluding carboxylic acids is 1. The Balaban J connectivity index is 0.00000256. The van der Waals surface area contributed by atoms with Crippen molar-refractivity contribution in [3.05, 3.63) is 68.8 Å². The predicted molar refractivity (Wildman–Crippen MR) is 113 cm³/mol. The number of aromatic nitrogens is 1. The number of benzene rings is 2. The Kier molecular flexibility index (Phi) is 6.30. The number of nitrogens with two attached hydrogens (primary N) is 1. The molecular weight excluding hydrogens is 462 g/mol. The molecule has 2 aromatic carbocycles. The summed E-state index contributed by atoms with van der Waals surface area (Å²) in [4.78, 5) is 17.7. The van der Waals surface area contributed by atoms with E-state index in [9.17, 15) is 18.0 Å². The average Bonchev–Trinajstić information content (AvgIpc) is 3.03. The monoisotopic (exact) mass is 477 g/mol. The Morgan fingerprint density at radius 3 is 2.60 bits per heavy atom. The van der Waals surface area contributed by atoms with Crippen LogP contribution < -0.4 is 5.73 Å². The van der Waals surface area contributed by atoms with Crippen LogP contribution in [0.1, 0.15) is 28.4 Å². The summed E-state index contributed by atoms with van der Waals surface area (Å²) >= 11 is 11.7. The lowest BCUT2D eigenvalue weighted by molar-refractivity contribution is -0.138. The number of nitrogens with zero attached hydrogens (tertiary/aromatic N) is 1. The zero-order valence-electron chi connectivity index (χ0n) is 15.4. The van der Waals surface area contributed by atoms with E-state index in [0.29, 0.717) is 24.5 Å². The third-order valence-electron chi connectivity index (χ3n) is 5.17. The molecule has 10 heteroatoms. The normalized spacial score (nSPS) is 14.9. The van der Waals surface area contributed by atoms with Crippen LogP contribution in [0.2, 0.25) is 10.0 Å². The van der Waals surface area contributed by atoms with Gasteiger partial charge in [-0.1, -0.05) is 29.3 Å². The van der Waals surface area contributed by atoms with Crippen molar-refractivity contribution in [3.63, 3.8) is 0 Å². The maximum absolute atomic E-state index is 13.1. The minimum Gasteiger partial charge on any atom is -0.357 e. The van der Waals surface area contributed by atoms with Gasteiger partial charge in [0.2, 0.25) is 5.91 Å². The lowest BCUT2D eigenvalue weighted by Crippen LogP contribution is -2.41. The molecule has 4 rings (SSSR count). The molecule has 160 valence electrons. The number of halogens is 6. The van der Waals surface area contributed by atoms with Crippen LogP contribution in [0, 0.1) is 0 Å². The molecule has 1 aliphatic heterocycles. The van der Waals surface area contributed by atoms with Gasteiger partial charge in [-0.15, -0.1) is 12.4 Å². The van der Waals surface area contributed by atoms with Crippen molar-refractivity contribution in [1.29, 1.82) is 0 Å². The number of hydrogen-bond donors (Lipinski definition) is 2. The molecule has 3 aromatic rings. The highest BCUT2D eigenvalue weighted by Crippen LogP contribution is 2.36. The van der Waals surface area contributed by atoms with Crippen molar-refractivity contribution < 1.29 is 18.0 Å². The van der Waals surface area contributed by atoms with Gasteiger partial charge in [0.15, 0.2) is 0 Å². The largest absolute Gasteiger partial charge is 0.417 e. The first kappa shape index (κ1) is 22.7. The van der Waals surface area contributed by atoms with E-state index >= 15 is 0 Å². The molecule has 1 aromatic heterocycles. The Morgan fingerprint density at radius 2 is 1.90 bits per heavy atom. The number of rotatable bonds is 2. The number of amides is 1. The van der Waals surface area contributed by atoms with Crippen molar-refractivity contribution in [3.8, 4) is 0 Å². The van der Waals surface area contributed by atoms with E-state index in [1.165, 1.54) is 6.07 Å². The maximum Gasteiger partial charge on any atom is 0.417 e. The molecule has 0 saturated heterocycles. The Bertz CT molecular complexity index is 1110. The predicted octanol–water partition coefficient (Wildman–Crippen LogP) is 5.50. The van der Waals surface area contributed by atoms with Gasteiger partial charge in [0, 0.05) is 28.2 Å². The van der Waals surface area contributed by atoms with Crippen molar-refractivity contribution in [2.24, 2.45) is 5.73 Å². The molecular formula is C20H17Cl3F3N3O. The van der Waals surface area contributed by atoms with E-state index < -0.39 is 28.7 Å². The molecule has 30 heavy (non-hydrogen) atoms. The summed E-state index contributed by atoms with van der Waals surface area (Å²) in [7, 11) is 0. The highest BCUT2D eigenvalue weighted by atomic mass is 35.5. The molecule has 3 N–H and O–H groups in total. The maximum atomic E-state index is 13.1. The molecule has 0 saturated carbocycles. The number of carbonyl (C=O) groups is 1. The first-order valence-electron chi connectivity index (χ1n) is 8.85. The van der Waals surface area contributed by atoms with Gasteiger partial charge < -0.3 is 15.6 Å². The molecule has 0 aliphatic carbocycles. The molecule has 4 nitrogen and oxygen atoms in total. The lowest BCUT2D eigenvalue weighted by Gasteiger charge is -2.29. The third-order valence-corrected chi connectivity index (χ3v) is 5.73. The van der Waals surface area contributed by atoms with Crippen LogP contribution in [0.5, 0.6) is 0 Å². The van der Waals surface area contributed by atoms with Crippen molar-refractivity contribution in [2.75, 3.05) is 6.54 Å². The Hall–Kier alpha value is -1.93. The smallest absolute Gasteiger partial charge is 0.357 e. The van der Waals surface area contributed by atoms with Crippen LogP contribution in [-0.4, -0.2) is 22.3 Å². The molecule has 0 fully saturated rings. The number of H-pyrrole nitrogens is 1. The molecule has 0 spiro atoms. The van der Waals surface area contributed by atoms with Crippen LogP contribution in [-0.2, 0) is 23.9 Å². The Labute approximate surface area is 186 Å². The molecule has 2 heterocycles. The zero-order valence-corrected chi connectivity index (χ0v) is 17.7. The second-order valence-corrected chi connectivity index (χ2v) is 7.84. The molecule has 1 atom stereocenters. The van der Waals surface area contributed by atoms with Gasteiger partial charge in [-0.2, -0.15) is 13.2 Å². The fourth-order valence-electron chi connectivity index (χ4n) is 3.69. The zero-order chi connectivity index (χ0) is 20.9. The van der Waals surface area contributed by atoms with Crippen LogP contribution in [0.3, 0.4) is 0 Å². The van der Waals surface area contributed by atoms with Gasteiger partial charge in [-0.3, -0.25) is 4.79 Å². The summed E-state index contributed by atoms with van der Waals surface area (Å²) in [5.74, 6) is -0.442. The molecule has 1 amide bonds. The number of aromatic amines is 1. The summed E-state index contributed by atoms with van der Waals surface area (Å²) in [5.41, 5.74) is 7.97. The standard InChI is InChI=1S/C20H16Cl2F3N3O.ClH/c21-11-2-4-16-13(8-11)12-5-6-28(9-17(12)27-16)19(29)18(26)10-1-3-15(22)14(7-10)20(23,24)25;/h1-4,7-8,18,27H,5-6,9,26H2;1H. The highest BCUT2D eigenvalue weighted by Gasteiger charge is 2.35. The minimum absolute atomic E-state index is 0. The molecule has 0 radical (unpaired) electrons. The van der Waals surface area contributed by atoms with Crippen LogP contribution in [0.4, 0.5) is 13.2 Å². The molecule has 1 aliphatic rings. The minimum atomic E-state index is -4.62. The fraction of sp³-hybridized carbons (Fsp3) is 0.250. The Morgan fingerprint density at radius 1 is 1.17 bits per heavy atom. The van der Waals surface area contributed by atoms with Gasteiger partial charge in [0.1, 0.15) is 6.04 Å². The van der Waals surface area contributed by atoms with E-state index in [4.69, 9.17) is 28.9 Å². The summed E-state index contributed by atoms with van der Waals surface area (Å²) in [6, 6.07) is 7.62. The van der Waals surface area contributed by atoms with Gasteiger partial charge in [0.05, 0.1) is 17.1 Å². The van der Waals surface area contributed by atoms with Gasteiger partial charge in [-0.05, 0) is 47.9 Å². The summed E-state index contributed by atoms with van der Waals surface area (Å²) in [6.45, 7) is 0.715. The van der Waals surface area contributed by atoms with Crippen LogP contribution in [0.25, 0.3) is 10.9 Å². The van der Waals surface area contributed by atoms with Crippen molar-refractivity contribution in [1.82, 2.24) is 9.88 Å². The van der Waals surface area contributed by atoms with E-state index in [2.05, 4.69) is 4.98 Å². The van der Waals surface area contributed by atoms with E-state index in [-0.39, 0.29) is 18.0 Å². The first-order valence-corrected chi connectivity index (χ1v) is 9.60. The van der Waals surface area contributed by atoms with Gasteiger partial charge >= 0.3 is 6.18 Å². The number of hydrogen-bond acceptors (Lipinski definition) is 2. The number of fused-ring (bicyclic) bond motifs is 3. The van der Waals surface area contributed by atoms with E-state index in [1.54, 1.807) is 11.0 Å². The van der Waals surface area contributed by atoms with Crippen LogP contribution in [0.15, 0.2) is 36.4 Å². The summed E-state index contributed by atoms with van der Waals surface area (Å²) < 4.78 is 39.3. The van der Waals surface area contributed by atoms with E-state index in [1.807, 2.05) is 12.1 Å². The molecule has 1 unspecified atom stereocenters. The topological polar surface area (TPSA) is 62.1 Å². The van der Waals surface area contributed by atoms with E-state index in [0.717, 1.165) is 34.3 Å². The summed E-state index contributed by atoms with van der Waals surface area (Å²) in [6.07, 6.45) is -4.02.